The molecule has 5 heteroatoms. The summed E-state index contributed by atoms with van der Waals surface area (Å²) >= 11 is 6.02. The van der Waals surface area contributed by atoms with E-state index in [2.05, 4.69) is 35.0 Å². The second-order valence-electron chi connectivity index (χ2n) is 7.49. The van der Waals surface area contributed by atoms with Crippen molar-refractivity contribution in [1.82, 2.24) is 4.90 Å². The molecular weight excluding hydrogens is 386 g/mol. The molecule has 1 atom stereocenters. The molecule has 0 bridgehead atoms. The van der Waals surface area contributed by atoms with Gasteiger partial charge in [0.1, 0.15) is 24.4 Å². The van der Waals surface area contributed by atoms with Gasteiger partial charge in [0.05, 0.1) is 6.04 Å². The number of hydrogen-bond acceptors (Lipinski definition) is 4. The van der Waals surface area contributed by atoms with E-state index in [4.69, 9.17) is 21.1 Å². The van der Waals surface area contributed by atoms with Crippen LogP contribution in [-0.2, 0) is 9.47 Å². The Labute approximate surface area is 176 Å². The van der Waals surface area contributed by atoms with Gasteiger partial charge in [-0.3, -0.25) is 4.90 Å². The normalized spacial score (nSPS) is 21.7. The molecule has 29 heavy (non-hydrogen) atoms. The maximum absolute atomic E-state index is 11.0. The Bertz CT molecular complexity index is 927. The van der Waals surface area contributed by atoms with Crippen molar-refractivity contribution in [3.8, 4) is 11.8 Å². The highest BCUT2D eigenvalue weighted by Crippen LogP contribution is 2.32. The third-order valence-electron chi connectivity index (χ3n) is 5.44. The number of halogens is 1. The van der Waals surface area contributed by atoms with Crippen molar-refractivity contribution in [2.75, 3.05) is 13.1 Å². The summed E-state index contributed by atoms with van der Waals surface area (Å²) in [6.45, 7) is 1.44. The molecule has 0 amide bonds. The van der Waals surface area contributed by atoms with Gasteiger partial charge in [-0.25, -0.2) is 0 Å². The minimum Gasteiger partial charge on any atom is -0.466 e. The predicted molar refractivity (Wildman–Crippen MR) is 114 cm³/mol. The summed E-state index contributed by atoms with van der Waals surface area (Å²) in [6, 6.07) is 7.40. The van der Waals surface area contributed by atoms with Crippen LogP contribution in [-0.4, -0.2) is 34.7 Å². The highest BCUT2D eigenvalue weighted by Gasteiger charge is 2.36. The van der Waals surface area contributed by atoms with Crippen LogP contribution < -0.4 is 0 Å². The summed E-state index contributed by atoms with van der Waals surface area (Å²) < 4.78 is 11.1. The molecule has 1 aliphatic carbocycles. The van der Waals surface area contributed by atoms with Crippen LogP contribution in [0.1, 0.15) is 31.2 Å². The van der Waals surface area contributed by atoms with Gasteiger partial charge in [0.2, 0.25) is 0 Å². The first-order chi connectivity index (χ1) is 14.1. The van der Waals surface area contributed by atoms with E-state index in [1.165, 1.54) is 11.8 Å². The monoisotopic (exact) mass is 409 g/mol. The minimum atomic E-state index is -0.998. The minimum absolute atomic E-state index is 0.00957. The van der Waals surface area contributed by atoms with Gasteiger partial charge >= 0.3 is 0 Å². The number of nitrogens with zero attached hydrogens (tertiary/aromatic N) is 1. The number of piperidine rings is 1. The van der Waals surface area contributed by atoms with E-state index in [0.717, 1.165) is 37.3 Å². The van der Waals surface area contributed by atoms with Crippen LogP contribution >= 0.6 is 11.6 Å². The maximum Gasteiger partial charge on any atom is 0.160 e. The molecule has 4 nitrogen and oxygen atoms in total. The third kappa shape index (κ3) is 4.94. The molecule has 1 aromatic carbocycles. The second-order valence-corrected chi connectivity index (χ2v) is 7.92. The van der Waals surface area contributed by atoms with Crippen molar-refractivity contribution in [3.05, 3.63) is 83.2 Å². The summed E-state index contributed by atoms with van der Waals surface area (Å²) in [5.41, 5.74) is 1.12. The van der Waals surface area contributed by atoms with Crippen molar-refractivity contribution in [2.24, 2.45) is 0 Å². The molecule has 0 aromatic heterocycles. The molecule has 1 N–H and O–H groups in total. The van der Waals surface area contributed by atoms with Crippen LogP contribution in [0.2, 0.25) is 5.02 Å². The van der Waals surface area contributed by atoms with Gasteiger partial charge < -0.3 is 14.6 Å². The molecule has 2 aliphatic heterocycles. The summed E-state index contributed by atoms with van der Waals surface area (Å²) in [5, 5.41) is 11.6. The molecular formula is C24H24ClNO3. The molecule has 1 saturated heterocycles. The number of likely N-dealkylation sites (tertiary alicyclic amines) is 1. The smallest absolute Gasteiger partial charge is 0.160 e. The number of aliphatic hydroxyl groups is 1. The zero-order valence-corrected chi connectivity index (χ0v) is 16.9. The molecule has 0 radical (unpaired) electrons. The number of hydrogen-bond donors (Lipinski definition) is 1. The molecule has 4 rings (SSSR count). The number of rotatable bonds is 3. The Morgan fingerprint density at radius 1 is 1.21 bits per heavy atom. The highest BCUT2D eigenvalue weighted by atomic mass is 35.5. The summed E-state index contributed by atoms with van der Waals surface area (Å²) in [4.78, 5) is 2.34. The Balaban J connectivity index is 1.48. The number of ether oxygens (including phenoxy) is 2. The molecule has 150 valence electrons. The Hall–Kier alpha value is -2.45. The Morgan fingerprint density at radius 2 is 2.07 bits per heavy atom. The van der Waals surface area contributed by atoms with E-state index in [0.29, 0.717) is 17.9 Å². The van der Waals surface area contributed by atoms with Crippen LogP contribution in [0.5, 0.6) is 0 Å². The lowest BCUT2D eigenvalue weighted by Crippen LogP contribution is -2.49. The lowest BCUT2D eigenvalue weighted by atomic mass is 9.88. The van der Waals surface area contributed by atoms with Crippen molar-refractivity contribution in [2.45, 2.75) is 37.3 Å². The van der Waals surface area contributed by atoms with Crippen LogP contribution in [0.3, 0.4) is 0 Å². The van der Waals surface area contributed by atoms with Gasteiger partial charge in [-0.1, -0.05) is 47.7 Å². The average Bonchev–Trinajstić information content (AvgIpc) is 2.76. The lowest BCUT2D eigenvalue weighted by molar-refractivity contribution is 0.0149. The number of benzene rings is 1. The van der Waals surface area contributed by atoms with Gasteiger partial charge in [-0.05, 0) is 36.6 Å². The standard InChI is InChI=1S/C24H24ClNO3/c25-21-8-4-5-19(17-21)9-10-24(27)11-13-26(14-12-24)23(20-6-2-1-3-7-20)22-18-28-15-16-29-22/h1-2,4-6,8,15-18,23,27H,3,7,11-14H2. The number of allylic oxidation sites excluding steroid dienone is 3. The summed E-state index contributed by atoms with van der Waals surface area (Å²) in [7, 11) is 0. The molecule has 3 aliphatic rings. The van der Waals surface area contributed by atoms with Gasteiger partial charge in [-0.15, -0.1) is 0 Å². The van der Waals surface area contributed by atoms with Crippen LogP contribution in [0.25, 0.3) is 0 Å². The Morgan fingerprint density at radius 3 is 2.76 bits per heavy atom. The topological polar surface area (TPSA) is 41.9 Å². The fraction of sp³-hybridized carbons (Fsp3) is 0.333. The lowest BCUT2D eigenvalue weighted by Gasteiger charge is -2.41. The molecule has 1 unspecified atom stereocenters. The van der Waals surface area contributed by atoms with Crippen molar-refractivity contribution < 1.29 is 14.6 Å². The SMILES string of the molecule is OC1(C#Cc2cccc(Cl)c2)CCN(C(C2=CC=CCC2)C2=COC=CO2)CC1. The van der Waals surface area contributed by atoms with Gasteiger partial charge in [0.25, 0.3) is 0 Å². The molecule has 2 heterocycles. The third-order valence-corrected chi connectivity index (χ3v) is 5.68. The molecule has 1 aromatic rings. The van der Waals surface area contributed by atoms with E-state index in [1.54, 1.807) is 12.5 Å². The first-order valence-electron chi connectivity index (χ1n) is 9.91. The van der Waals surface area contributed by atoms with Crippen LogP contribution in [0, 0.1) is 11.8 Å². The summed E-state index contributed by atoms with van der Waals surface area (Å²) in [5.74, 6) is 6.93. The summed E-state index contributed by atoms with van der Waals surface area (Å²) in [6.07, 6.45) is 14.4. The zero-order valence-electron chi connectivity index (χ0n) is 16.2. The fourth-order valence-corrected chi connectivity index (χ4v) is 4.07. The van der Waals surface area contributed by atoms with Crippen molar-refractivity contribution >= 4 is 11.6 Å². The Kier molecular flexibility index (Phi) is 6.10. The highest BCUT2D eigenvalue weighted by molar-refractivity contribution is 6.30. The maximum atomic E-state index is 11.0. The van der Waals surface area contributed by atoms with E-state index >= 15 is 0 Å². The molecule has 0 saturated carbocycles. The molecule has 0 spiro atoms. The first-order valence-corrected chi connectivity index (χ1v) is 10.3. The quantitative estimate of drug-likeness (QED) is 0.745. The van der Waals surface area contributed by atoms with E-state index in [1.807, 2.05) is 24.3 Å². The van der Waals surface area contributed by atoms with Gasteiger partial charge in [-0.2, -0.15) is 0 Å². The van der Waals surface area contributed by atoms with Gasteiger partial charge in [0.15, 0.2) is 5.76 Å². The van der Waals surface area contributed by atoms with Gasteiger partial charge in [0, 0.05) is 36.5 Å². The predicted octanol–water partition coefficient (Wildman–Crippen LogP) is 4.52. The van der Waals surface area contributed by atoms with Crippen LogP contribution in [0.15, 0.2) is 72.6 Å². The molecule has 1 fully saturated rings. The second kappa shape index (κ2) is 8.92. The fourth-order valence-electron chi connectivity index (χ4n) is 3.88. The van der Waals surface area contributed by atoms with E-state index < -0.39 is 5.60 Å². The van der Waals surface area contributed by atoms with Crippen molar-refractivity contribution in [1.29, 1.82) is 0 Å². The average molecular weight is 410 g/mol. The first kappa shape index (κ1) is 19.8. The van der Waals surface area contributed by atoms with Crippen LogP contribution in [0.4, 0.5) is 0 Å². The van der Waals surface area contributed by atoms with E-state index in [9.17, 15) is 5.11 Å². The largest absolute Gasteiger partial charge is 0.466 e. The zero-order chi connectivity index (χ0) is 20.1. The van der Waals surface area contributed by atoms with E-state index in [-0.39, 0.29) is 6.04 Å². The van der Waals surface area contributed by atoms with Crippen molar-refractivity contribution in [3.63, 3.8) is 0 Å².